The van der Waals surface area contributed by atoms with E-state index < -0.39 is 0 Å². The van der Waals surface area contributed by atoms with Crippen molar-refractivity contribution in [2.45, 2.75) is 0 Å². The first kappa shape index (κ1) is 15.3. The average Bonchev–Trinajstić information content (AvgIpc) is 2.63. The van der Waals surface area contributed by atoms with Gasteiger partial charge in [0.25, 0.3) is 0 Å². The Morgan fingerprint density at radius 3 is 1.23 bits per heavy atom. The summed E-state index contributed by atoms with van der Waals surface area (Å²) in [5, 5.41) is 8.83. The van der Waals surface area contributed by atoms with Crippen LogP contribution < -0.4 is 0 Å². The van der Waals surface area contributed by atoms with Crippen LogP contribution in [0.3, 0.4) is 0 Å². The van der Waals surface area contributed by atoms with Gasteiger partial charge in [0.05, 0.1) is 6.07 Å². The molecule has 1 heteroatoms. The van der Waals surface area contributed by atoms with E-state index in [0.717, 1.165) is 16.7 Å². The maximum absolute atomic E-state index is 8.83. The maximum Gasteiger partial charge on any atom is 0.0918 e. The Balaban J connectivity index is 0.000000246. The summed E-state index contributed by atoms with van der Waals surface area (Å²) in [4.78, 5) is 0. The molecule has 0 saturated heterocycles. The molecule has 0 N–H and O–H groups in total. The lowest BCUT2D eigenvalue weighted by molar-refractivity contribution is 1.51. The van der Waals surface area contributed by atoms with Crippen molar-refractivity contribution in [2.24, 2.45) is 0 Å². The third-order valence-electron chi connectivity index (χ3n) is 3.05. The van der Waals surface area contributed by atoms with Gasteiger partial charge in [-0.2, -0.15) is 5.26 Å². The summed E-state index contributed by atoms with van der Waals surface area (Å²) in [5.74, 6) is 0. The van der Waals surface area contributed by atoms with Gasteiger partial charge in [-0.3, -0.25) is 0 Å². The smallest absolute Gasteiger partial charge is 0.0918 e. The van der Waals surface area contributed by atoms with Gasteiger partial charge in [0.2, 0.25) is 0 Å². The Morgan fingerprint density at radius 1 is 0.591 bits per heavy atom. The fourth-order valence-electron chi connectivity index (χ4n) is 2.02. The number of nitrogens with zero attached hydrogens (tertiary/aromatic N) is 1. The molecule has 0 unspecified atom stereocenters. The molecular weight excluding hydrogens is 266 g/mol. The minimum atomic E-state index is 0.962. The quantitative estimate of drug-likeness (QED) is 0.583. The lowest BCUT2D eigenvalue weighted by atomic mass is 9.98. The molecule has 0 heterocycles. The van der Waals surface area contributed by atoms with Crippen LogP contribution in [0.1, 0.15) is 11.1 Å². The Hall–Kier alpha value is -3.11. The molecule has 0 atom stereocenters. The number of hydrogen-bond acceptors (Lipinski definition) is 1. The predicted octanol–water partition coefficient (Wildman–Crippen LogP) is 5.33. The molecule has 3 aromatic rings. The molecule has 0 bridgehead atoms. The van der Waals surface area contributed by atoms with E-state index in [1.54, 1.807) is 6.08 Å². The average molecular weight is 283 g/mol. The largest absolute Gasteiger partial charge is 0.193 e. The Labute approximate surface area is 131 Å². The van der Waals surface area contributed by atoms with Crippen LogP contribution in [-0.2, 0) is 0 Å². The minimum Gasteiger partial charge on any atom is -0.193 e. The van der Waals surface area contributed by atoms with Crippen molar-refractivity contribution in [2.75, 3.05) is 0 Å². The molecule has 3 aromatic carbocycles. The molecule has 0 aliphatic heterocycles. The van der Waals surface area contributed by atoms with Crippen LogP contribution in [0.4, 0.5) is 0 Å². The third-order valence-corrected chi connectivity index (χ3v) is 3.05. The van der Waals surface area contributed by atoms with E-state index in [1.165, 1.54) is 0 Å². The zero-order valence-corrected chi connectivity index (χ0v) is 12.3. The van der Waals surface area contributed by atoms with Crippen molar-refractivity contribution in [1.82, 2.24) is 0 Å². The summed E-state index contributed by atoms with van der Waals surface area (Å²) < 4.78 is 0. The lowest BCUT2D eigenvalue weighted by Gasteiger charge is -2.06. The van der Waals surface area contributed by atoms with Gasteiger partial charge >= 0.3 is 0 Å². The summed E-state index contributed by atoms with van der Waals surface area (Å²) in [6, 6.07) is 34.0. The fraction of sp³-hybridized carbons (Fsp3) is 0. The highest BCUT2D eigenvalue weighted by Crippen LogP contribution is 2.22. The van der Waals surface area contributed by atoms with Crippen LogP contribution in [0.5, 0.6) is 0 Å². The van der Waals surface area contributed by atoms with Crippen LogP contribution >= 0.6 is 0 Å². The van der Waals surface area contributed by atoms with Crippen LogP contribution in [0.15, 0.2) is 103 Å². The van der Waals surface area contributed by atoms with Gasteiger partial charge < -0.3 is 0 Å². The van der Waals surface area contributed by atoms with Gasteiger partial charge in [-0.1, -0.05) is 97.1 Å². The molecule has 0 spiro atoms. The minimum absolute atomic E-state index is 0.962. The van der Waals surface area contributed by atoms with Gasteiger partial charge in [0, 0.05) is 6.08 Å². The molecule has 0 saturated carbocycles. The fourth-order valence-corrected chi connectivity index (χ4v) is 2.02. The maximum atomic E-state index is 8.83. The number of benzene rings is 3. The van der Waals surface area contributed by atoms with Gasteiger partial charge in [-0.25, -0.2) is 0 Å². The molecular formula is C21H17N. The zero-order chi connectivity index (χ0) is 15.5. The molecule has 0 aliphatic carbocycles. The summed E-state index contributed by atoms with van der Waals surface area (Å²) >= 11 is 0. The molecule has 22 heavy (non-hydrogen) atoms. The molecule has 0 aliphatic rings. The van der Waals surface area contributed by atoms with Crippen molar-refractivity contribution in [3.05, 3.63) is 114 Å². The standard InChI is InChI=1S/C15H11N.C6H6/c16-12-11-15(13-7-3-1-4-8-13)14-9-5-2-6-10-14;1-2-4-6-5-3-1/h1-11H;1-6H. The second kappa shape index (κ2) is 8.94. The topological polar surface area (TPSA) is 23.8 Å². The summed E-state index contributed by atoms with van der Waals surface area (Å²) in [7, 11) is 0. The highest BCUT2D eigenvalue weighted by Gasteiger charge is 2.02. The summed E-state index contributed by atoms with van der Waals surface area (Å²) in [6.45, 7) is 0. The summed E-state index contributed by atoms with van der Waals surface area (Å²) in [6.07, 6.45) is 1.59. The van der Waals surface area contributed by atoms with Crippen LogP contribution in [0.25, 0.3) is 5.57 Å². The van der Waals surface area contributed by atoms with Crippen LogP contribution in [0.2, 0.25) is 0 Å². The van der Waals surface area contributed by atoms with E-state index in [9.17, 15) is 0 Å². The molecule has 1 nitrogen and oxygen atoms in total. The van der Waals surface area contributed by atoms with Crippen molar-refractivity contribution in [3.8, 4) is 6.07 Å². The van der Waals surface area contributed by atoms with Gasteiger partial charge in [-0.05, 0) is 16.7 Å². The van der Waals surface area contributed by atoms with E-state index in [-0.39, 0.29) is 0 Å². The van der Waals surface area contributed by atoms with Crippen molar-refractivity contribution in [3.63, 3.8) is 0 Å². The second-order valence-corrected chi connectivity index (χ2v) is 4.57. The Bertz CT molecular complexity index is 655. The van der Waals surface area contributed by atoms with Crippen molar-refractivity contribution in [1.29, 1.82) is 5.26 Å². The first-order chi connectivity index (χ1) is 10.9. The highest BCUT2D eigenvalue weighted by atomic mass is 14.2. The number of rotatable bonds is 2. The summed E-state index contributed by atoms with van der Waals surface area (Å²) in [5.41, 5.74) is 3.09. The monoisotopic (exact) mass is 283 g/mol. The molecule has 0 radical (unpaired) electrons. The molecule has 0 amide bonds. The van der Waals surface area contributed by atoms with Crippen molar-refractivity contribution < 1.29 is 0 Å². The first-order valence-corrected chi connectivity index (χ1v) is 7.12. The Kier molecular flexibility index (Phi) is 6.21. The molecule has 3 rings (SSSR count). The second-order valence-electron chi connectivity index (χ2n) is 4.57. The van der Waals surface area contributed by atoms with Crippen LogP contribution in [-0.4, -0.2) is 0 Å². The van der Waals surface area contributed by atoms with E-state index in [1.807, 2.05) is 97.1 Å². The first-order valence-electron chi connectivity index (χ1n) is 7.12. The van der Waals surface area contributed by atoms with Crippen molar-refractivity contribution >= 4 is 5.57 Å². The molecule has 0 fully saturated rings. The van der Waals surface area contributed by atoms with Crippen LogP contribution in [0, 0.1) is 11.3 Å². The number of hydrogen-bond donors (Lipinski definition) is 0. The normalized spacial score (nSPS) is 8.86. The van der Waals surface area contributed by atoms with E-state index in [2.05, 4.69) is 6.07 Å². The lowest BCUT2D eigenvalue weighted by Crippen LogP contribution is -1.86. The van der Waals surface area contributed by atoms with Gasteiger partial charge in [-0.15, -0.1) is 0 Å². The third kappa shape index (κ3) is 4.77. The number of allylic oxidation sites excluding steroid dienone is 1. The predicted molar refractivity (Wildman–Crippen MR) is 92.0 cm³/mol. The zero-order valence-electron chi connectivity index (χ0n) is 12.3. The molecule has 106 valence electrons. The SMILES string of the molecule is N#CC=C(c1ccccc1)c1ccccc1.c1ccccc1. The van der Waals surface area contributed by atoms with E-state index in [0.29, 0.717) is 0 Å². The number of nitriles is 1. The van der Waals surface area contributed by atoms with E-state index in [4.69, 9.17) is 5.26 Å². The van der Waals surface area contributed by atoms with Gasteiger partial charge in [0.1, 0.15) is 0 Å². The molecule has 0 aromatic heterocycles. The van der Waals surface area contributed by atoms with Gasteiger partial charge in [0.15, 0.2) is 0 Å². The van der Waals surface area contributed by atoms with E-state index >= 15 is 0 Å². The Morgan fingerprint density at radius 2 is 0.909 bits per heavy atom. The highest BCUT2D eigenvalue weighted by molar-refractivity contribution is 5.81.